The number of nitrogen functional groups attached to an aromatic ring is 1. The minimum Gasteiger partial charge on any atom is -0.384 e. The maximum atomic E-state index is 5.72. The first-order valence-corrected chi connectivity index (χ1v) is 5.64. The molecule has 2 heterocycles. The van der Waals surface area contributed by atoms with Crippen molar-refractivity contribution in [3.05, 3.63) is 30.2 Å². The number of pyridine rings is 1. The van der Waals surface area contributed by atoms with E-state index in [1.54, 1.807) is 6.20 Å². The van der Waals surface area contributed by atoms with E-state index in [0.29, 0.717) is 5.82 Å². The van der Waals surface area contributed by atoms with E-state index in [9.17, 15) is 0 Å². The molecule has 0 spiro atoms. The Morgan fingerprint density at radius 3 is 2.59 bits per heavy atom. The molecule has 4 nitrogen and oxygen atoms in total. The van der Waals surface area contributed by atoms with Crippen LogP contribution in [0.15, 0.2) is 24.5 Å². The number of hydrogen-bond donors (Lipinski definition) is 1. The van der Waals surface area contributed by atoms with Crippen molar-refractivity contribution in [2.75, 3.05) is 5.73 Å². The van der Waals surface area contributed by atoms with Crippen molar-refractivity contribution < 1.29 is 0 Å². The fourth-order valence-electron chi connectivity index (χ4n) is 1.87. The summed E-state index contributed by atoms with van der Waals surface area (Å²) in [5.74, 6) is 0.534. The molecule has 0 saturated heterocycles. The van der Waals surface area contributed by atoms with Gasteiger partial charge in [-0.15, -0.1) is 0 Å². The highest BCUT2D eigenvalue weighted by molar-refractivity contribution is 5.68. The lowest BCUT2D eigenvalue weighted by Crippen LogP contribution is -2.13. The van der Waals surface area contributed by atoms with Gasteiger partial charge < -0.3 is 5.73 Å². The van der Waals surface area contributed by atoms with E-state index in [2.05, 4.69) is 30.9 Å². The Kier molecular flexibility index (Phi) is 2.65. The van der Waals surface area contributed by atoms with Crippen LogP contribution in [0.1, 0.15) is 26.5 Å². The Morgan fingerprint density at radius 1 is 1.29 bits per heavy atom. The maximum absolute atomic E-state index is 5.72. The van der Waals surface area contributed by atoms with Gasteiger partial charge in [0.25, 0.3) is 0 Å². The molecule has 2 aromatic heterocycles. The number of hydrogen-bond acceptors (Lipinski definition) is 3. The van der Waals surface area contributed by atoms with Gasteiger partial charge >= 0.3 is 0 Å². The summed E-state index contributed by atoms with van der Waals surface area (Å²) in [5, 5.41) is 4.54. The van der Waals surface area contributed by atoms with Gasteiger partial charge in [0, 0.05) is 30.4 Å². The number of aromatic nitrogens is 3. The van der Waals surface area contributed by atoms with Gasteiger partial charge in [0.15, 0.2) is 0 Å². The molecule has 90 valence electrons. The highest BCUT2D eigenvalue weighted by Crippen LogP contribution is 2.31. The molecule has 0 aliphatic carbocycles. The van der Waals surface area contributed by atoms with Gasteiger partial charge in [0.2, 0.25) is 0 Å². The van der Waals surface area contributed by atoms with Crippen molar-refractivity contribution in [1.82, 2.24) is 14.8 Å². The minimum atomic E-state index is 0.00856. The van der Waals surface area contributed by atoms with Crippen LogP contribution in [0.25, 0.3) is 11.1 Å². The van der Waals surface area contributed by atoms with E-state index in [-0.39, 0.29) is 5.41 Å². The summed E-state index contributed by atoms with van der Waals surface area (Å²) < 4.78 is 1.84. The van der Waals surface area contributed by atoms with Gasteiger partial charge in [-0.25, -0.2) is 4.98 Å². The van der Waals surface area contributed by atoms with Crippen LogP contribution in [0.2, 0.25) is 0 Å². The molecule has 0 atom stereocenters. The van der Waals surface area contributed by atoms with Crippen molar-refractivity contribution in [3.63, 3.8) is 0 Å². The smallest absolute Gasteiger partial charge is 0.123 e. The maximum Gasteiger partial charge on any atom is 0.123 e. The number of aryl methyl sites for hydroxylation is 1. The van der Waals surface area contributed by atoms with Gasteiger partial charge in [-0.1, -0.05) is 20.8 Å². The molecular weight excluding hydrogens is 212 g/mol. The summed E-state index contributed by atoms with van der Waals surface area (Å²) in [7, 11) is 1.93. The standard InChI is InChI=1S/C13H18N4/c1-13(2,3)12-10(8-17(4)16-12)9-5-6-15-11(14)7-9/h5-8H,1-4H3,(H2,14,15). The monoisotopic (exact) mass is 230 g/mol. The number of rotatable bonds is 1. The van der Waals surface area contributed by atoms with Gasteiger partial charge in [0.1, 0.15) is 5.82 Å². The molecule has 0 amide bonds. The molecule has 0 unspecified atom stereocenters. The predicted molar refractivity (Wildman–Crippen MR) is 69.6 cm³/mol. The average Bonchev–Trinajstić information content (AvgIpc) is 2.60. The number of nitrogens with zero attached hydrogens (tertiary/aromatic N) is 3. The summed E-state index contributed by atoms with van der Waals surface area (Å²) in [5.41, 5.74) is 8.99. The molecule has 17 heavy (non-hydrogen) atoms. The van der Waals surface area contributed by atoms with E-state index in [1.807, 2.05) is 30.1 Å². The second kappa shape index (κ2) is 3.87. The Balaban J connectivity index is 2.60. The Hall–Kier alpha value is -1.84. The van der Waals surface area contributed by atoms with Crippen molar-refractivity contribution in [2.24, 2.45) is 7.05 Å². The number of anilines is 1. The van der Waals surface area contributed by atoms with E-state index < -0.39 is 0 Å². The first-order chi connectivity index (χ1) is 7.88. The first-order valence-electron chi connectivity index (χ1n) is 5.64. The second-order valence-corrected chi connectivity index (χ2v) is 5.28. The number of nitrogens with two attached hydrogens (primary N) is 1. The zero-order valence-electron chi connectivity index (χ0n) is 10.7. The van der Waals surface area contributed by atoms with Crippen molar-refractivity contribution >= 4 is 5.82 Å². The van der Waals surface area contributed by atoms with Crippen LogP contribution < -0.4 is 5.73 Å². The summed E-state index contributed by atoms with van der Waals surface area (Å²) in [4.78, 5) is 4.01. The Bertz CT molecular complexity index is 535. The van der Waals surface area contributed by atoms with Crippen LogP contribution in [0.5, 0.6) is 0 Å². The topological polar surface area (TPSA) is 56.7 Å². The van der Waals surface area contributed by atoms with Gasteiger partial charge in [-0.05, 0) is 17.7 Å². The fraction of sp³-hybridized carbons (Fsp3) is 0.385. The molecule has 0 bridgehead atoms. The van der Waals surface area contributed by atoms with Crippen LogP contribution >= 0.6 is 0 Å². The fourth-order valence-corrected chi connectivity index (χ4v) is 1.87. The van der Waals surface area contributed by atoms with E-state index in [1.165, 1.54) is 0 Å². The third kappa shape index (κ3) is 2.30. The van der Waals surface area contributed by atoms with Gasteiger partial charge in [-0.3, -0.25) is 4.68 Å². The average molecular weight is 230 g/mol. The van der Waals surface area contributed by atoms with E-state index in [4.69, 9.17) is 5.73 Å². The molecule has 0 aliphatic heterocycles. The normalized spacial score (nSPS) is 11.8. The van der Waals surface area contributed by atoms with Crippen LogP contribution in [0.4, 0.5) is 5.82 Å². The van der Waals surface area contributed by atoms with Crippen molar-refractivity contribution in [1.29, 1.82) is 0 Å². The van der Waals surface area contributed by atoms with Crippen LogP contribution in [0, 0.1) is 0 Å². The zero-order chi connectivity index (χ0) is 12.6. The summed E-state index contributed by atoms with van der Waals surface area (Å²) in [6.45, 7) is 6.47. The first kappa shape index (κ1) is 11.6. The Morgan fingerprint density at radius 2 is 2.00 bits per heavy atom. The van der Waals surface area contributed by atoms with Crippen LogP contribution in [-0.2, 0) is 12.5 Å². The molecule has 0 radical (unpaired) electrons. The van der Waals surface area contributed by atoms with E-state index in [0.717, 1.165) is 16.8 Å². The molecule has 2 aromatic rings. The molecule has 0 fully saturated rings. The lowest BCUT2D eigenvalue weighted by Gasteiger charge is -2.17. The molecular formula is C13H18N4. The van der Waals surface area contributed by atoms with Crippen molar-refractivity contribution in [3.8, 4) is 11.1 Å². The SMILES string of the molecule is Cn1cc(-c2ccnc(N)c2)c(C(C)(C)C)n1. The summed E-state index contributed by atoms with van der Waals surface area (Å²) in [6.07, 6.45) is 3.75. The van der Waals surface area contributed by atoms with Crippen LogP contribution in [0.3, 0.4) is 0 Å². The lowest BCUT2D eigenvalue weighted by molar-refractivity contribution is 0.554. The largest absolute Gasteiger partial charge is 0.384 e. The minimum absolute atomic E-state index is 0.00856. The van der Waals surface area contributed by atoms with Crippen LogP contribution in [-0.4, -0.2) is 14.8 Å². The summed E-state index contributed by atoms with van der Waals surface area (Å²) in [6, 6.07) is 3.84. The molecule has 2 N–H and O–H groups in total. The third-order valence-corrected chi connectivity index (χ3v) is 2.63. The van der Waals surface area contributed by atoms with Gasteiger partial charge in [-0.2, -0.15) is 5.10 Å². The quantitative estimate of drug-likeness (QED) is 0.818. The lowest BCUT2D eigenvalue weighted by atomic mass is 9.88. The zero-order valence-corrected chi connectivity index (χ0v) is 10.7. The summed E-state index contributed by atoms with van der Waals surface area (Å²) >= 11 is 0. The molecule has 2 rings (SSSR count). The highest BCUT2D eigenvalue weighted by Gasteiger charge is 2.22. The highest BCUT2D eigenvalue weighted by atomic mass is 15.3. The van der Waals surface area contributed by atoms with E-state index >= 15 is 0 Å². The molecule has 0 saturated carbocycles. The second-order valence-electron chi connectivity index (χ2n) is 5.28. The third-order valence-electron chi connectivity index (χ3n) is 2.63. The Labute approximate surface area is 101 Å². The molecule has 0 aliphatic rings. The van der Waals surface area contributed by atoms with Gasteiger partial charge in [0.05, 0.1) is 5.69 Å². The predicted octanol–water partition coefficient (Wildman–Crippen LogP) is 2.36. The molecule has 0 aromatic carbocycles. The molecule has 4 heteroatoms. The van der Waals surface area contributed by atoms with Crippen molar-refractivity contribution in [2.45, 2.75) is 26.2 Å².